The summed E-state index contributed by atoms with van der Waals surface area (Å²) in [4.78, 5) is 14.6. The number of benzene rings is 2. The Labute approximate surface area is 156 Å². The molecule has 0 saturated carbocycles. The first-order valence-corrected chi connectivity index (χ1v) is 9.44. The summed E-state index contributed by atoms with van der Waals surface area (Å²) < 4.78 is 6.17. The van der Waals surface area contributed by atoms with Gasteiger partial charge in [-0.05, 0) is 43.4 Å². The summed E-state index contributed by atoms with van der Waals surface area (Å²) in [5, 5.41) is 0. The summed E-state index contributed by atoms with van der Waals surface area (Å²) in [6.07, 6.45) is 2.62. The third-order valence-electron chi connectivity index (χ3n) is 5.01. The van der Waals surface area contributed by atoms with Crippen molar-refractivity contribution in [2.75, 3.05) is 11.5 Å². The first kappa shape index (κ1) is 18.6. The average Bonchev–Trinajstić information content (AvgIpc) is 2.94. The van der Waals surface area contributed by atoms with Crippen LogP contribution in [0.25, 0.3) is 0 Å². The molecule has 2 atom stereocenters. The molecular formula is C22H28N2O2. The van der Waals surface area contributed by atoms with E-state index in [4.69, 9.17) is 10.5 Å². The van der Waals surface area contributed by atoms with Crippen LogP contribution < -0.4 is 10.6 Å². The summed E-state index contributed by atoms with van der Waals surface area (Å²) in [7, 11) is 0. The third-order valence-corrected chi connectivity index (χ3v) is 5.01. The van der Waals surface area contributed by atoms with E-state index in [0.717, 1.165) is 36.1 Å². The molecule has 0 aliphatic carbocycles. The van der Waals surface area contributed by atoms with E-state index in [1.807, 2.05) is 54.6 Å². The lowest BCUT2D eigenvalue weighted by molar-refractivity contribution is 0.0495. The molecule has 3 rings (SSSR count). The molecule has 138 valence electrons. The molecule has 0 bridgehead atoms. The lowest BCUT2D eigenvalue weighted by Crippen LogP contribution is -2.29. The van der Waals surface area contributed by atoms with Crippen LogP contribution in [-0.2, 0) is 4.74 Å². The molecule has 1 aliphatic rings. The van der Waals surface area contributed by atoms with E-state index in [9.17, 15) is 4.79 Å². The van der Waals surface area contributed by atoms with Gasteiger partial charge in [0.05, 0.1) is 0 Å². The van der Waals surface area contributed by atoms with Crippen LogP contribution in [0, 0.1) is 5.92 Å². The molecule has 0 radical (unpaired) electrons. The van der Waals surface area contributed by atoms with Gasteiger partial charge in [-0.2, -0.15) is 0 Å². The number of nitrogens with two attached hydrogens (primary N) is 1. The Hall–Kier alpha value is -2.17. The Kier molecular flexibility index (Phi) is 6.07. The van der Waals surface area contributed by atoms with E-state index in [2.05, 4.69) is 13.8 Å². The first-order chi connectivity index (χ1) is 12.6. The van der Waals surface area contributed by atoms with E-state index in [-0.39, 0.29) is 18.2 Å². The highest BCUT2D eigenvalue weighted by atomic mass is 16.5. The minimum Gasteiger partial charge on any atom is -0.354 e. The molecule has 2 unspecified atom stereocenters. The summed E-state index contributed by atoms with van der Waals surface area (Å²) in [5.74, 6) is 0.502. The number of hydrogen-bond acceptors (Lipinski definition) is 3. The normalized spacial score (nSPS) is 17.6. The number of fused-ring (bicyclic) bond motifs is 1. The Morgan fingerprint density at radius 2 is 1.73 bits per heavy atom. The van der Waals surface area contributed by atoms with Crippen LogP contribution in [0.5, 0.6) is 0 Å². The van der Waals surface area contributed by atoms with Crippen molar-refractivity contribution in [1.29, 1.82) is 0 Å². The largest absolute Gasteiger partial charge is 0.354 e. The van der Waals surface area contributed by atoms with Crippen molar-refractivity contribution in [2.24, 2.45) is 11.7 Å². The number of hydrogen-bond donors (Lipinski definition) is 1. The number of anilines is 1. The predicted molar refractivity (Wildman–Crippen MR) is 105 cm³/mol. The number of unbranched alkanes of at least 4 members (excludes halogenated alkanes) is 1. The van der Waals surface area contributed by atoms with Gasteiger partial charge >= 0.3 is 0 Å². The highest BCUT2D eigenvalue weighted by Crippen LogP contribution is 2.38. The topological polar surface area (TPSA) is 55.6 Å². The first-order valence-electron chi connectivity index (χ1n) is 9.44. The molecule has 0 saturated heterocycles. The van der Waals surface area contributed by atoms with E-state index in [1.54, 1.807) is 4.90 Å². The van der Waals surface area contributed by atoms with E-state index in [1.165, 1.54) is 0 Å². The van der Waals surface area contributed by atoms with Crippen LogP contribution in [0.1, 0.15) is 55.3 Å². The van der Waals surface area contributed by atoms with Crippen molar-refractivity contribution in [3.8, 4) is 0 Å². The zero-order valence-electron chi connectivity index (χ0n) is 15.6. The summed E-state index contributed by atoms with van der Waals surface area (Å²) in [6, 6.07) is 17.7. The zero-order valence-corrected chi connectivity index (χ0v) is 15.6. The van der Waals surface area contributed by atoms with Crippen LogP contribution >= 0.6 is 0 Å². The van der Waals surface area contributed by atoms with Crippen molar-refractivity contribution < 1.29 is 9.53 Å². The van der Waals surface area contributed by atoms with Gasteiger partial charge in [-0.1, -0.05) is 50.2 Å². The fourth-order valence-corrected chi connectivity index (χ4v) is 3.30. The standard InChI is InChI=1S/C22H28N2O2/c1-16(2)20(23)14-8-9-15-26-22-19-13-7-6-12-18(19)21(25)24(22)17-10-4-3-5-11-17/h3-7,10-13,16,20,22H,8-9,14-15,23H2,1-2H3. The predicted octanol–water partition coefficient (Wildman–Crippen LogP) is 4.52. The fraction of sp³-hybridized carbons (Fsp3) is 0.409. The molecular weight excluding hydrogens is 324 g/mol. The second-order valence-corrected chi connectivity index (χ2v) is 7.22. The quantitative estimate of drug-likeness (QED) is 0.711. The number of carbonyl (C=O) groups excluding carboxylic acids is 1. The lowest BCUT2D eigenvalue weighted by atomic mass is 10.00. The maximum Gasteiger partial charge on any atom is 0.261 e. The molecule has 0 aromatic heterocycles. The minimum absolute atomic E-state index is 0.00127. The third kappa shape index (κ3) is 3.97. The number of amides is 1. The zero-order chi connectivity index (χ0) is 18.5. The molecule has 1 aliphatic heterocycles. The lowest BCUT2D eigenvalue weighted by Gasteiger charge is -2.25. The number of rotatable bonds is 8. The molecule has 0 spiro atoms. The number of carbonyl (C=O) groups is 1. The summed E-state index contributed by atoms with van der Waals surface area (Å²) >= 11 is 0. The van der Waals surface area contributed by atoms with E-state index < -0.39 is 0 Å². The number of ether oxygens (including phenoxy) is 1. The van der Waals surface area contributed by atoms with Crippen molar-refractivity contribution in [1.82, 2.24) is 0 Å². The van der Waals surface area contributed by atoms with Gasteiger partial charge < -0.3 is 10.5 Å². The van der Waals surface area contributed by atoms with E-state index >= 15 is 0 Å². The molecule has 4 heteroatoms. The van der Waals surface area contributed by atoms with Crippen molar-refractivity contribution >= 4 is 11.6 Å². The molecule has 4 nitrogen and oxygen atoms in total. The van der Waals surface area contributed by atoms with Gasteiger partial charge in [-0.3, -0.25) is 9.69 Å². The van der Waals surface area contributed by atoms with Gasteiger partial charge in [0.2, 0.25) is 0 Å². The van der Waals surface area contributed by atoms with Crippen LogP contribution in [0.3, 0.4) is 0 Å². The van der Waals surface area contributed by atoms with Gasteiger partial charge in [0.25, 0.3) is 5.91 Å². The second kappa shape index (κ2) is 8.47. The SMILES string of the molecule is CC(C)C(N)CCCCOC1c2ccccc2C(=O)N1c1ccccc1. The maximum absolute atomic E-state index is 12.9. The van der Waals surface area contributed by atoms with Gasteiger partial charge in [0, 0.05) is 29.5 Å². The summed E-state index contributed by atoms with van der Waals surface area (Å²) in [5.41, 5.74) is 8.64. The summed E-state index contributed by atoms with van der Waals surface area (Å²) in [6.45, 7) is 4.92. The van der Waals surface area contributed by atoms with Gasteiger partial charge in [-0.15, -0.1) is 0 Å². The smallest absolute Gasteiger partial charge is 0.261 e. The molecule has 2 N–H and O–H groups in total. The van der Waals surface area contributed by atoms with Crippen LogP contribution in [-0.4, -0.2) is 18.6 Å². The fourth-order valence-electron chi connectivity index (χ4n) is 3.30. The van der Waals surface area contributed by atoms with E-state index in [0.29, 0.717) is 12.5 Å². The van der Waals surface area contributed by atoms with Crippen molar-refractivity contribution in [2.45, 2.75) is 45.4 Å². The van der Waals surface area contributed by atoms with Gasteiger partial charge in [-0.25, -0.2) is 0 Å². The van der Waals surface area contributed by atoms with Gasteiger partial charge in [0.1, 0.15) is 0 Å². The molecule has 2 aromatic carbocycles. The molecule has 1 heterocycles. The molecule has 26 heavy (non-hydrogen) atoms. The van der Waals surface area contributed by atoms with Crippen molar-refractivity contribution in [3.63, 3.8) is 0 Å². The Bertz CT molecular complexity index is 730. The monoisotopic (exact) mass is 352 g/mol. The Balaban J connectivity index is 1.67. The average molecular weight is 352 g/mol. The van der Waals surface area contributed by atoms with Crippen LogP contribution in [0.4, 0.5) is 5.69 Å². The van der Waals surface area contributed by atoms with Crippen LogP contribution in [0.2, 0.25) is 0 Å². The molecule has 1 amide bonds. The van der Waals surface area contributed by atoms with Crippen molar-refractivity contribution in [3.05, 3.63) is 65.7 Å². The highest BCUT2D eigenvalue weighted by Gasteiger charge is 2.38. The Morgan fingerprint density at radius 1 is 1.04 bits per heavy atom. The molecule has 2 aromatic rings. The highest BCUT2D eigenvalue weighted by molar-refractivity contribution is 6.10. The van der Waals surface area contributed by atoms with Crippen LogP contribution in [0.15, 0.2) is 54.6 Å². The number of para-hydroxylation sites is 1. The Morgan fingerprint density at radius 3 is 2.46 bits per heavy atom. The molecule has 0 fully saturated rings. The second-order valence-electron chi connectivity index (χ2n) is 7.22. The number of nitrogens with zero attached hydrogens (tertiary/aromatic N) is 1. The minimum atomic E-state index is -0.361. The maximum atomic E-state index is 12.9. The van der Waals surface area contributed by atoms with Gasteiger partial charge in [0.15, 0.2) is 6.23 Å².